The van der Waals surface area contributed by atoms with E-state index in [1.165, 1.54) is 33.4 Å². The number of benzene rings is 3. The van der Waals surface area contributed by atoms with Crippen molar-refractivity contribution in [3.8, 4) is 11.1 Å². The summed E-state index contributed by atoms with van der Waals surface area (Å²) in [6.07, 6.45) is 1.08. The highest BCUT2D eigenvalue weighted by Gasteiger charge is 2.28. The van der Waals surface area contributed by atoms with Gasteiger partial charge < -0.3 is 0 Å². The minimum absolute atomic E-state index is 0.485. The fourth-order valence-electron chi connectivity index (χ4n) is 3.50. The Morgan fingerprint density at radius 3 is 2.29 bits per heavy atom. The molecule has 0 heteroatoms. The molecule has 0 amide bonds. The average molecular weight is 270 g/mol. The maximum Gasteiger partial charge on any atom is 0.0142 e. The molecule has 1 atom stereocenters. The van der Waals surface area contributed by atoms with E-state index in [1.807, 2.05) is 0 Å². The molecule has 1 aliphatic rings. The first-order valence-electron chi connectivity index (χ1n) is 7.57. The summed E-state index contributed by atoms with van der Waals surface area (Å²) >= 11 is 0. The molecule has 0 radical (unpaired) electrons. The highest BCUT2D eigenvalue weighted by atomic mass is 14.3. The van der Waals surface area contributed by atoms with Crippen molar-refractivity contribution >= 4 is 0 Å². The van der Waals surface area contributed by atoms with Crippen molar-refractivity contribution in [1.82, 2.24) is 0 Å². The van der Waals surface area contributed by atoms with Crippen LogP contribution in [0.4, 0.5) is 0 Å². The van der Waals surface area contributed by atoms with Gasteiger partial charge in [-0.2, -0.15) is 0 Å². The van der Waals surface area contributed by atoms with Gasteiger partial charge in [0.2, 0.25) is 0 Å². The lowest BCUT2D eigenvalue weighted by Gasteiger charge is -2.14. The Morgan fingerprint density at radius 1 is 0.714 bits per heavy atom. The molecule has 0 fully saturated rings. The molecule has 21 heavy (non-hydrogen) atoms. The molecule has 0 nitrogen and oxygen atoms in total. The summed E-state index contributed by atoms with van der Waals surface area (Å²) < 4.78 is 0. The van der Waals surface area contributed by atoms with E-state index in [-0.39, 0.29) is 0 Å². The van der Waals surface area contributed by atoms with Crippen LogP contribution in [0.2, 0.25) is 0 Å². The minimum Gasteiger partial charge on any atom is -0.0622 e. The first kappa shape index (κ1) is 12.4. The summed E-state index contributed by atoms with van der Waals surface area (Å²) in [5.41, 5.74) is 8.54. The zero-order valence-corrected chi connectivity index (χ0v) is 12.2. The molecule has 0 aromatic heterocycles. The Balaban J connectivity index is 1.85. The zero-order valence-electron chi connectivity index (χ0n) is 12.2. The normalized spacial score (nSPS) is 15.6. The third-order valence-corrected chi connectivity index (χ3v) is 4.49. The summed E-state index contributed by atoms with van der Waals surface area (Å²) in [5, 5.41) is 0. The highest BCUT2D eigenvalue weighted by molar-refractivity contribution is 5.79. The average Bonchev–Trinajstić information content (AvgIpc) is 2.82. The van der Waals surface area contributed by atoms with Crippen LogP contribution in [0, 0.1) is 6.92 Å². The molecular weight excluding hydrogens is 252 g/mol. The fourth-order valence-corrected chi connectivity index (χ4v) is 3.50. The van der Waals surface area contributed by atoms with E-state index in [9.17, 15) is 0 Å². The molecule has 1 unspecified atom stereocenters. The van der Waals surface area contributed by atoms with Gasteiger partial charge in [0, 0.05) is 5.92 Å². The first-order valence-corrected chi connectivity index (χ1v) is 7.57. The molecule has 0 saturated carbocycles. The second kappa shape index (κ2) is 4.89. The van der Waals surface area contributed by atoms with Gasteiger partial charge >= 0.3 is 0 Å². The molecule has 0 bridgehead atoms. The fraction of sp³-hybridized carbons (Fsp3) is 0.143. The molecule has 0 spiro atoms. The number of aryl methyl sites for hydroxylation is 1. The highest BCUT2D eigenvalue weighted by Crippen LogP contribution is 2.46. The number of rotatable bonds is 2. The number of hydrogen-bond donors (Lipinski definition) is 0. The second-order valence-electron chi connectivity index (χ2n) is 5.92. The molecule has 102 valence electrons. The zero-order chi connectivity index (χ0) is 14.2. The van der Waals surface area contributed by atoms with Crippen molar-refractivity contribution in [1.29, 1.82) is 0 Å². The van der Waals surface area contributed by atoms with E-state index in [2.05, 4.69) is 79.7 Å². The van der Waals surface area contributed by atoms with Crippen LogP contribution in [0.5, 0.6) is 0 Å². The van der Waals surface area contributed by atoms with E-state index < -0.39 is 0 Å². The van der Waals surface area contributed by atoms with Crippen LogP contribution in [0.1, 0.15) is 28.2 Å². The van der Waals surface area contributed by atoms with Gasteiger partial charge in [-0.1, -0.05) is 78.4 Å². The van der Waals surface area contributed by atoms with Crippen LogP contribution in [0.25, 0.3) is 11.1 Å². The van der Waals surface area contributed by atoms with E-state index in [0.29, 0.717) is 5.92 Å². The number of hydrogen-bond acceptors (Lipinski definition) is 0. The maximum atomic E-state index is 2.36. The largest absolute Gasteiger partial charge is 0.0622 e. The van der Waals surface area contributed by atoms with Crippen molar-refractivity contribution in [3.63, 3.8) is 0 Å². The van der Waals surface area contributed by atoms with E-state index >= 15 is 0 Å². The van der Waals surface area contributed by atoms with E-state index in [0.717, 1.165) is 6.42 Å². The van der Waals surface area contributed by atoms with Gasteiger partial charge in [-0.25, -0.2) is 0 Å². The molecule has 3 aromatic carbocycles. The Kier molecular flexibility index (Phi) is 2.89. The van der Waals surface area contributed by atoms with Crippen molar-refractivity contribution in [2.24, 2.45) is 0 Å². The van der Waals surface area contributed by atoms with Gasteiger partial charge in [-0.15, -0.1) is 0 Å². The third kappa shape index (κ3) is 2.08. The quantitative estimate of drug-likeness (QED) is 0.589. The summed E-state index contributed by atoms with van der Waals surface area (Å²) in [7, 11) is 0. The molecule has 3 aromatic rings. The third-order valence-electron chi connectivity index (χ3n) is 4.49. The monoisotopic (exact) mass is 270 g/mol. The van der Waals surface area contributed by atoms with Crippen molar-refractivity contribution < 1.29 is 0 Å². The van der Waals surface area contributed by atoms with Gasteiger partial charge in [0.05, 0.1) is 0 Å². The smallest absolute Gasteiger partial charge is 0.0142 e. The first-order chi connectivity index (χ1) is 10.3. The number of fused-ring (bicyclic) bond motifs is 3. The van der Waals surface area contributed by atoms with Gasteiger partial charge in [0.1, 0.15) is 0 Å². The molecule has 0 N–H and O–H groups in total. The topological polar surface area (TPSA) is 0 Å². The predicted octanol–water partition coefficient (Wildman–Crippen LogP) is 5.35. The van der Waals surface area contributed by atoms with Crippen molar-refractivity contribution in [3.05, 3.63) is 95.1 Å². The molecule has 0 heterocycles. The van der Waals surface area contributed by atoms with Gasteiger partial charge in [-0.05, 0) is 41.2 Å². The van der Waals surface area contributed by atoms with Crippen LogP contribution < -0.4 is 0 Å². The standard InChI is InChI=1S/C21H18/c1-15-11-12-19-17-9-5-6-10-18(17)21(20(19)13-15)14-16-7-3-2-4-8-16/h2-13,21H,14H2,1H3. The predicted molar refractivity (Wildman–Crippen MR) is 88.6 cm³/mol. The van der Waals surface area contributed by atoms with Crippen LogP contribution in [0.3, 0.4) is 0 Å². The molecule has 1 aliphatic carbocycles. The van der Waals surface area contributed by atoms with E-state index in [1.54, 1.807) is 0 Å². The molecule has 0 saturated heterocycles. The maximum absolute atomic E-state index is 2.36. The SMILES string of the molecule is Cc1ccc2c(c1)C(Cc1ccccc1)c1ccccc1-2. The summed E-state index contributed by atoms with van der Waals surface area (Å²) in [6, 6.07) is 26.5. The Morgan fingerprint density at radius 2 is 1.43 bits per heavy atom. The molecule has 0 aliphatic heterocycles. The Labute approximate surface area is 126 Å². The van der Waals surface area contributed by atoms with Crippen molar-refractivity contribution in [2.45, 2.75) is 19.3 Å². The lowest BCUT2D eigenvalue weighted by atomic mass is 9.89. The van der Waals surface area contributed by atoms with E-state index in [4.69, 9.17) is 0 Å². The Bertz CT molecular complexity index is 784. The summed E-state index contributed by atoms with van der Waals surface area (Å²) in [4.78, 5) is 0. The lowest BCUT2D eigenvalue weighted by Crippen LogP contribution is -2.01. The minimum atomic E-state index is 0.485. The Hall–Kier alpha value is -2.34. The molecular formula is C21H18. The van der Waals surface area contributed by atoms with Crippen LogP contribution in [-0.4, -0.2) is 0 Å². The van der Waals surface area contributed by atoms with Gasteiger partial charge in [0.15, 0.2) is 0 Å². The summed E-state index contributed by atoms with van der Waals surface area (Å²) in [5.74, 6) is 0.485. The van der Waals surface area contributed by atoms with Gasteiger partial charge in [-0.3, -0.25) is 0 Å². The van der Waals surface area contributed by atoms with Crippen LogP contribution >= 0.6 is 0 Å². The van der Waals surface area contributed by atoms with Crippen LogP contribution in [0.15, 0.2) is 72.8 Å². The summed E-state index contributed by atoms with van der Waals surface area (Å²) in [6.45, 7) is 2.18. The van der Waals surface area contributed by atoms with Crippen LogP contribution in [-0.2, 0) is 6.42 Å². The van der Waals surface area contributed by atoms with Crippen molar-refractivity contribution in [2.75, 3.05) is 0 Å². The lowest BCUT2D eigenvalue weighted by molar-refractivity contribution is 0.826. The molecule has 4 rings (SSSR count). The van der Waals surface area contributed by atoms with Gasteiger partial charge in [0.25, 0.3) is 0 Å². The second-order valence-corrected chi connectivity index (χ2v) is 5.92.